The number of sulfonamides is 1. The Hall–Kier alpha value is -1.22. The molecule has 1 aromatic rings. The minimum atomic E-state index is -3.12. The van der Waals surface area contributed by atoms with Gasteiger partial charge in [-0.1, -0.05) is 6.07 Å². The molecule has 2 aliphatic heterocycles. The maximum Gasteiger partial charge on any atom is 0.217 e. The molecule has 0 spiro atoms. The Kier molecular flexibility index (Phi) is 4.70. The number of aromatic nitrogens is 1. The second-order valence-electron chi connectivity index (χ2n) is 7.25. The van der Waals surface area contributed by atoms with Crippen LogP contribution in [-0.2, 0) is 21.3 Å². The summed E-state index contributed by atoms with van der Waals surface area (Å²) in [5, 5.41) is -0.163. The summed E-state index contributed by atoms with van der Waals surface area (Å²) in [7, 11) is -1.48. The van der Waals surface area contributed by atoms with Crippen molar-refractivity contribution in [2.45, 2.75) is 30.7 Å². The van der Waals surface area contributed by atoms with Crippen LogP contribution in [0.4, 0.5) is 0 Å². The van der Waals surface area contributed by atoms with Gasteiger partial charge < -0.3 is 9.47 Å². The van der Waals surface area contributed by atoms with Crippen LogP contribution in [0.3, 0.4) is 0 Å². The van der Waals surface area contributed by atoms with E-state index in [0.29, 0.717) is 24.9 Å². The first-order valence-corrected chi connectivity index (χ1v) is 10.4. The van der Waals surface area contributed by atoms with Crippen LogP contribution in [0.25, 0.3) is 0 Å². The molecule has 1 aliphatic carbocycles. The summed E-state index contributed by atoms with van der Waals surface area (Å²) in [6.07, 6.45) is 3.51. The van der Waals surface area contributed by atoms with Crippen molar-refractivity contribution >= 4 is 10.0 Å². The molecule has 1 aromatic heterocycles. The second-order valence-corrected chi connectivity index (χ2v) is 9.30. The first kappa shape index (κ1) is 17.2. The molecule has 7 nitrogen and oxygen atoms in total. The number of rotatable bonds is 7. The van der Waals surface area contributed by atoms with Crippen LogP contribution < -0.4 is 9.46 Å². The fraction of sp³-hybridized carbons (Fsp3) is 0.706. The molecule has 3 aliphatic rings. The average molecular weight is 367 g/mol. The van der Waals surface area contributed by atoms with Crippen molar-refractivity contribution in [2.75, 3.05) is 33.4 Å². The highest BCUT2D eigenvalue weighted by Gasteiger charge is 2.44. The van der Waals surface area contributed by atoms with E-state index >= 15 is 0 Å². The van der Waals surface area contributed by atoms with Gasteiger partial charge in [0.15, 0.2) is 0 Å². The van der Waals surface area contributed by atoms with Crippen molar-refractivity contribution in [3.8, 4) is 5.88 Å². The van der Waals surface area contributed by atoms with Gasteiger partial charge in [-0.15, -0.1) is 0 Å². The van der Waals surface area contributed by atoms with Crippen molar-refractivity contribution in [3.05, 3.63) is 23.9 Å². The van der Waals surface area contributed by atoms with E-state index in [2.05, 4.69) is 14.6 Å². The van der Waals surface area contributed by atoms with E-state index in [-0.39, 0.29) is 17.3 Å². The summed E-state index contributed by atoms with van der Waals surface area (Å²) in [5.74, 6) is 1.29. The summed E-state index contributed by atoms with van der Waals surface area (Å²) in [5.41, 5.74) is 1.07. The van der Waals surface area contributed by atoms with Gasteiger partial charge in [0.2, 0.25) is 15.9 Å². The van der Waals surface area contributed by atoms with Crippen LogP contribution in [0.5, 0.6) is 5.88 Å². The van der Waals surface area contributed by atoms with E-state index in [9.17, 15) is 8.42 Å². The predicted octanol–water partition coefficient (Wildman–Crippen LogP) is 0.619. The molecule has 25 heavy (non-hydrogen) atoms. The third kappa shape index (κ3) is 3.67. The predicted molar refractivity (Wildman–Crippen MR) is 92.7 cm³/mol. The standard InChI is InChI=1S/C17H25N3O4S/c1-23-17-12(3-2-6-18-17)8-20-9-15-13(11-24-16(15)10-20)7-19-25(21,22)14-4-5-14/h2-3,6,13-16,19H,4-5,7-11H2,1H3/t13-,15-,16-/m1/s1. The molecule has 4 rings (SSSR count). The van der Waals surface area contributed by atoms with Crippen LogP contribution in [0.1, 0.15) is 18.4 Å². The number of methoxy groups -OCH3 is 1. The maximum absolute atomic E-state index is 12.0. The van der Waals surface area contributed by atoms with Crippen molar-refractivity contribution in [1.29, 1.82) is 0 Å². The van der Waals surface area contributed by atoms with E-state index in [1.807, 2.05) is 12.1 Å². The smallest absolute Gasteiger partial charge is 0.217 e. The van der Waals surface area contributed by atoms with E-state index < -0.39 is 10.0 Å². The van der Waals surface area contributed by atoms with Crippen LogP contribution in [0.15, 0.2) is 18.3 Å². The lowest BCUT2D eigenvalue weighted by Gasteiger charge is -2.20. The monoisotopic (exact) mass is 367 g/mol. The van der Waals surface area contributed by atoms with Gasteiger partial charge >= 0.3 is 0 Å². The normalized spacial score (nSPS) is 29.7. The zero-order valence-corrected chi connectivity index (χ0v) is 15.2. The number of hydrogen-bond donors (Lipinski definition) is 1. The molecule has 0 bridgehead atoms. The van der Waals surface area contributed by atoms with Gasteiger partial charge in [-0.05, 0) is 18.9 Å². The van der Waals surface area contributed by atoms with Crippen molar-refractivity contribution in [1.82, 2.24) is 14.6 Å². The van der Waals surface area contributed by atoms with Gasteiger partial charge in [0.25, 0.3) is 0 Å². The van der Waals surface area contributed by atoms with Crippen molar-refractivity contribution in [3.63, 3.8) is 0 Å². The highest BCUT2D eigenvalue weighted by Crippen LogP contribution is 2.35. The maximum atomic E-state index is 12.0. The molecule has 1 saturated carbocycles. The fourth-order valence-electron chi connectivity index (χ4n) is 3.91. The average Bonchev–Trinajstić information content (AvgIpc) is 3.30. The van der Waals surface area contributed by atoms with Gasteiger partial charge in [0, 0.05) is 49.8 Å². The molecular formula is C17H25N3O4S. The number of fused-ring (bicyclic) bond motifs is 1. The Balaban J connectivity index is 1.34. The lowest BCUT2D eigenvalue weighted by molar-refractivity contribution is 0.0940. The van der Waals surface area contributed by atoms with Gasteiger partial charge in [0.1, 0.15) is 0 Å². The lowest BCUT2D eigenvalue weighted by Crippen LogP contribution is -2.35. The van der Waals surface area contributed by atoms with E-state index in [1.165, 1.54) is 0 Å². The largest absolute Gasteiger partial charge is 0.481 e. The number of likely N-dealkylation sites (tertiary alicyclic amines) is 1. The number of ether oxygens (including phenoxy) is 2. The minimum absolute atomic E-state index is 0.163. The van der Waals surface area contributed by atoms with E-state index in [0.717, 1.165) is 38.0 Å². The first-order chi connectivity index (χ1) is 12.1. The fourth-order valence-corrected chi connectivity index (χ4v) is 5.35. The van der Waals surface area contributed by atoms with Crippen molar-refractivity contribution in [2.24, 2.45) is 11.8 Å². The molecule has 2 saturated heterocycles. The van der Waals surface area contributed by atoms with Crippen LogP contribution in [-0.4, -0.2) is 63.0 Å². The number of hydrogen-bond acceptors (Lipinski definition) is 6. The van der Waals surface area contributed by atoms with Gasteiger partial charge in [0.05, 0.1) is 25.1 Å². The van der Waals surface area contributed by atoms with Gasteiger partial charge in [-0.25, -0.2) is 18.1 Å². The van der Waals surface area contributed by atoms with E-state index in [4.69, 9.17) is 9.47 Å². The number of nitrogens with zero attached hydrogens (tertiary/aromatic N) is 2. The first-order valence-electron chi connectivity index (χ1n) is 8.87. The SMILES string of the molecule is COc1ncccc1CN1C[C@@H]2[C@H](CNS(=O)(=O)C3CC3)CO[C@@H]2C1. The minimum Gasteiger partial charge on any atom is -0.481 e. The number of nitrogens with one attached hydrogen (secondary N) is 1. The summed E-state index contributed by atoms with van der Waals surface area (Å²) in [6.45, 7) is 3.69. The molecule has 8 heteroatoms. The summed E-state index contributed by atoms with van der Waals surface area (Å²) in [4.78, 5) is 6.59. The molecule has 138 valence electrons. The molecule has 3 atom stereocenters. The number of pyridine rings is 1. The van der Waals surface area contributed by atoms with Crippen LogP contribution in [0, 0.1) is 11.8 Å². The van der Waals surface area contributed by atoms with Crippen LogP contribution in [0.2, 0.25) is 0 Å². The Morgan fingerprint density at radius 1 is 1.40 bits per heavy atom. The summed E-state index contributed by atoms with van der Waals surface area (Å²) >= 11 is 0. The molecule has 1 N–H and O–H groups in total. The molecule has 0 aromatic carbocycles. The lowest BCUT2D eigenvalue weighted by atomic mass is 9.93. The second kappa shape index (κ2) is 6.83. The Bertz CT molecular complexity index is 722. The Morgan fingerprint density at radius 2 is 2.24 bits per heavy atom. The molecular weight excluding hydrogens is 342 g/mol. The molecule has 3 heterocycles. The third-order valence-corrected chi connectivity index (χ3v) is 7.38. The summed E-state index contributed by atoms with van der Waals surface area (Å²) < 4.78 is 38.1. The zero-order chi connectivity index (χ0) is 17.4. The molecule has 3 fully saturated rings. The molecule has 0 amide bonds. The zero-order valence-electron chi connectivity index (χ0n) is 14.4. The van der Waals surface area contributed by atoms with E-state index in [1.54, 1.807) is 13.3 Å². The molecule has 0 radical (unpaired) electrons. The Labute approximate surface area is 148 Å². The topological polar surface area (TPSA) is 80.8 Å². The van der Waals surface area contributed by atoms with Gasteiger partial charge in [-0.3, -0.25) is 4.90 Å². The summed E-state index contributed by atoms with van der Waals surface area (Å²) in [6, 6.07) is 3.95. The highest BCUT2D eigenvalue weighted by atomic mass is 32.2. The Morgan fingerprint density at radius 3 is 3.00 bits per heavy atom. The highest BCUT2D eigenvalue weighted by molar-refractivity contribution is 7.90. The van der Waals surface area contributed by atoms with Crippen LogP contribution >= 0.6 is 0 Å². The molecule has 0 unspecified atom stereocenters. The quantitative estimate of drug-likeness (QED) is 0.761. The van der Waals surface area contributed by atoms with Crippen molar-refractivity contribution < 1.29 is 17.9 Å². The third-order valence-electron chi connectivity index (χ3n) is 5.46. The van der Waals surface area contributed by atoms with Gasteiger partial charge in [-0.2, -0.15) is 0 Å².